The minimum atomic E-state index is 0.377. The molecule has 48 heavy (non-hydrogen) atoms. The van der Waals surface area contributed by atoms with Crippen LogP contribution in [0.15, 0.2) is 152 Å². The molecule has 3 heterocycles. The van der Waals surface area contributed by atoms with E-state index in [9.17, 15) is 10.5 Å². The Morgan fingerprint density at radius 3 is 1.73 bits per heavy atom. The minimum Gasteiger partial charge on any atom is -0.309 e. The van der Waals surface area contributed by atoms with Crippen LogP contribution in [0.2, 0.25) is 0 Å². The zero-order chi connectivity index (χ0) is 32.2. The molecule has 5 heteroatoms. The highest BCUT2D eigenvalue weighted by Gasteiger charge is 2.17. The largest absolute Gasteiger partial charge is 0.309 e. The molecule has 0 aliphatic carbocycles. The first kappa shape index (κ1) is 27.4. The van der Waals surface area contributed by atoms with Crippen LogP contribution >= 0.6 is 0 Å². The summed E-state index contributed by atoms with van der Waals surface area (Å²) in [5.41, 5.74) is 11.4. The van der Waals surface area contributed by atoms with Crippen LogP contribution in [-0.4, -0.2) is 14.1 Å². The Labute approximate surface area is 276 Å². The minimum absolute atomic E-state index is 0.377. The standard InChI is InChI=1S/C43H25N5/c44-26-32-13-12-29(23-33(32)27-45)28-14-18-35(19-15-28)48-42-21-17-31(25-39(42)37-10-6-22-46-43(37)48)30-16-20-41-38(24-30)36-9-4-5-11-40(36)47(41)34-7-2-1-3-8-34/h1-25H. The molecule has 0 radical (unpaired) electrons. The topological polar surface area (TPSA) is 70.3 Å². The molecule has 0 amide bonds. The van der Waals surface area contributed by atoms with Gasteiger partial charge >= 0.3 is 0 Å². The average Bonchev–Trinajstić information content (AvgIpc) is 3.67. The fourth-order valence-corrected chi connectivity index (χ4v) is 7.01. The second-order valence-electron chi connectivity index (χ2n) is 11.9. The Morgan fingerprint density at radius 2 is 0.979 bits per heavy atom. The summed E-state index contributed by atoms with van der Waals surface area (Å²) in [4.78, 5) is 4.82. The van der Waals surface area contributed by atoms with Crippen LogP contribution < -0.4 is 0 Å². The predicted octanol–water partition coefficient (Wildman–Crippen LogP) is 10.4. The van der Waals surface area contributed by atoms with Gasteiger partial charge in [0.25, 0.3) is 0 Å². The summed E-state index contributed by atoms with van der Waals surface area (Å²) in [7, 11) is 0. The molecule has 9 rings (SSSR count). The molecular weight excluding hydrogens is 587 g/mol. The van der Waals surface area contributed by atoms with E-state index in [1.807, 2.05) is 30.5 Å². The number of hydrogen-bond acceptors (Lipinski definition) is 3. The van der Waals surface area contributed by atoms with Crippen LogP contribution in [0.5, 0.6) is 0 Å². The van der Waals surface area contributed by atoms with Crippen molar-refractivity contribution >= 4 is 43.7 Å². The fourth-order valence-electron chi connectivity index (χ4n) is 7.01. The number of benzene rings is 6. The second kappa shape index (κ2) is 10.8. The molecule has 0 aliphatic rings. The highest BCUT2D eigenvalue weighted by atomic mass is 15.0. The maximum atomic E-state index is 9.50. The Balaban J connectivity index is 1.16. The molecule has 0 fully saturated rings. The molecule has 0 aliphatic heterocycles. The van der Waals surface area contributed by atoms with E-state index in [2.05, 4.69) is 130 Å². The van der Waals surface area contributed by atoms with Crippen molar-refractivity contribution in [3.05, 3.63) is 163 Å². The number of hydrogen-bond donors (Lipinski definition) is 0. The molecule has 3 aromatic heterocycles. The lowest BCUT2D eigenvalue weighted by Gasteiger charge is -2.10. The Bertz CT molecular complexity index is 2790. The summed E-state index contributed by atoms with van der Waals surface area (Å²) in [6.45, 7) is 0. The first-order valence-corrected chi connectivity index (χ1v) is 15.7. The summed E-state index contributed by atoms with van der Waals surface area (Å²) in [6.07, 6.45) is 1.84. The van der Waals surface area contributed by atoms with Gasteiger partial charge in [-0.05, 0) is 101 Å². The molecule has 0 bridgehead atoms. The van der Waals surface area contributed by atoms with Gasteiger partial charge in [-0.1, -0.05) is 66.7 Å². The van der Waals surface area contributed by atoms with Crippen LogP contribution in [0, 0.1) is 22.7 Å². The SMILES string of the molecule is N#Cc1ccc(-c2ccc(-n3c4ccc(-c5ccc6c(c5)c5ccccc5n6-c5ccccc5)cc4c4cccnc43)cc2)cc1C#N. The van der Waals surface area contributed by atoms with Crippen molar-refractivity contribution in [2.75, 3.05) is 0 Å². The van der Waals surface area contributed by atoms with Crippen LogP contribution in [0.25, 0.3) is 77.4 Å². The molecule has 0 atom stereocenters. The molecule has 0 saturated heterocycles. The zero-order valence-corrected chi connectivity index (χ0v) is 25.7. The van der Waals surface area contributed by atoms with E-state index in [1.54, 1.807) is 12.1 Å². The van der Waals surface area contributed by atoms with E-state index in [1.165, 1.54) is 21.8 Å². The van der Waals surface area contributed by atoms with Crippen LogP contribution in [0.1, 0.15) is 11.1 Å². The van der Waals surface area contributed by atoms with Gasteiger partial charge in [0, 0.05) is 39.1 Å². The molecule has 222 valence electrons. The van der Waals surface area contributed by atoms with Gasteiger partial charge in [0.1, 0.15) is 17.8 Å². The van der Waals surface area contributed by atoms with Gasteiger partial charge in [-0.25, -0.2) is 4.98 Å². The number of nitrogens with zero attached hydrogens (tertiary/aromatic N) is 5. The van der Waals surface area contributed by atoms with Crippen molar-refractivity contribution in [2.45, 2.75) is 0 Å². The predicted molar refractivity (Wildman–Crippen MR) is 193 cm³/mol. The smallest absolute Gasteiger partial charge is 0.145 e. The van der Waals surface area contributed by atoms with Crippen molar-refractivity contribution in [2.24, 2.45) is 0 Å². The quantitative estimate of drug-likeness (QED) is 0.199. The summed E-state index contributed by atoms with van der Waals surface area (Å²) in [5.74, 6) is 0. The number of rotatable bonds is 4. The van der Waals surface area contributed by atoms with Crippen molar-refractivity contribution in [1.29, 1.82) is 10.5 Å². The maximum absolute atomic E-state index is 9.50. The van der Waals surface area contributed by atoms with E-state index in [0.29, 0.717) is 11.1 Å². The van der Waals surface area contributed by atoms with Gasteiger partial charge in [-0.2, -0.15) is 10.5 Å². The van der Waals surface area contributed by atoms with Crippen LogP contribution in [0.4, 0.5) is 0 Å². The maximum Gasteiger partial charge on any atom is 0.145 e. The van der Waals surface area contributed by atoms with Gasteiger partial charge in [-0.15, -0.1) is 0 Å². The van der Waals surface area contributed by atoms with Gasteiger partial charge in [0.2, 0.25) is 0 Å². The Morgan fingerprint density at radius 1 is 0.417 bits per heavy atom. The first-order valence-electron chi connectivity index (χ1n) is 15.7. The van der Waals surface area contributed by atoms with E-state index >= 15 is 0 Å². The molecule has 0 saturated carbocycles. The van der Waals surface area contributed by atoms with Gasteiger partial charge in [0.15, 0.2) is 0 Å². The number of para-hydroxylation sites is 2. The highest BCUT2D eigenvalue weighted by Crippen LogP contribution is 2.38. The lowest BCUT2D eigenvalue weighted by Crippen LogP contribution is -1.95. The van der Waals surface area contributed by atoms with Crippen molar-refractivity contribution < 1.29 is 0 Å². The normalized spacial score (nSPS) is 11.3. The average molecular weight is 612 g/mol. The van der Waals surface area contributed by atoms with Crippen LogP contribution in [0.3, 0.4) is 0 Å². The van der Waals surface area contributed by atoms with Crippen LogP contribution in [-0.2, 0) is 0 Å². The third-order valence-corrected chi connectivity index (χ3v) is 9.27. The molecule has 9 aromatic rings. The monoisotopic (exact) mass is 611 g/mol. The highest BCUT2D eigenvalue weighted by molar-refractivity contribution is 6.12. The second-order valence-corrected chi connectivity index (χ2v) is 11.9. The summed E-state index contributed by atoms with van der Waals surface area (Å²) >= 11 is 0. The summed E-state index contributed by atoms with van der Waals surface area (Å²) < 4.78 is 4.54. The third kappa shape index (κ3) is 4.20. The molecule has 0 unspecified atom stereocenters. The van der Waals surface area contributed by atoms with Crippen molar-refractivity contribution in [1.82, 2.24) is 14.1 Å². The molecule has 0 spiro atoms. The van der Waals surface area contributed by atoms with Gasteiger partial charge in [-0.3, -0.25) is 4.57 Å². The van der Waals surface area contributed by atoms with Crippen molar-refractivity contribution in [3.8, 4) is 45.8 Å². The number of nitriles is 2. The molecular formula is C43H25N5. The Kier molecular flexibility index (Phi) is 6.18. The fraction of sp³-hybridized carbons (Fsp3) is 0. The molecule has 6 aromatic carbocycles. The summed E-state index contributed by atoms with van der Waals surface area (Å²) in [6, 6.07) is 54.6. The van der Waals surface area contributed by atoms with Gasteiger partial charge in [0.05, 0.1) is 27.7 Å². The van der Waals surface area contributed by atoms with E-state index in [4.69, 9.17) is 4.98 Å². The molecule has 5 nitrogen and oxygen atoms in total. The first-order chi connectivity index (χ1) is 23.7. The Hall–Kier alpha value is -6.95. The number of fused-ring (bicyclic) bond motifs is 6. The van der Waals surface area contributed by atoms with E-state index < -0.39 is 0 Å². The lowest BCUT2D eigenvalue weighted by molar-refractivity contribution is 1.14. The number of pyridine rings is 1. The lowest BCUT2D eigenvalue weighted by atomic mass is 10.00. The summed E-state index contributed by atoms with van der Waals surface area (Å²) in [5, 5.41) is 23.5. The van der Waals surface area contributed by atoms with Crippen molar-refractivity contribution in [3.63, 3.8) is 0 Å². The van der Waals surface area contributed by atoms with E-state index in [-0.39, 0.29) is 0 Å². The third-order valence-electron chi connectivity index (χ3n) is 9.27. The number of aromatic nitrogens is 3. The molecule has 0 N–H and O–H groups in total. The van der Waals surface area contributed by atoms with E-state index in [0.717, 1.165) is 55.6 Å². The van der Waals surface area contributed by atoms with Gasteiger partial charge < -0.3 is 4.57 Å². The zero-order valence-electron chi connectivity index (χ0n) is 25.7.